The average Bonchev–Trinajstić information content (AvgIpc) is 2.39. The summed E-state index contributed by atoms with van der Waals surface area (Å²) in [5.41, 5.74) is 0.227. The minimum atomic E-state index is 0.227. The second-order valence-corrected chi connectivity index (χ2v) is 3.83. The number of ether oxygens (including phenoxy) is 1. The van der Waals surface area contributed by atoms with Crippen molar-refractivity contribution in [2.24, 2.45) is 11.3 Å². The first-order valence-corrected chi connectivity index (χ1v) is 5.43. The van der Waals surface area contributed by atoms with Crippen molar-refractivity contribution in [3.8, 4) is 12.0 Å². The molecule has 0 saturated carbocycles. The lowest BCUT2D eigenvalue weighted by Crippen LogP contribution is -2.27. The highest BCUT2D eigenvalue weighted by molar-refractivity contribution is 5.11. The van der Waals surface area contributed by atoms with E-state index in [4.69, 9.17) is 4.74 Å². The molecule has 0 amide bonds. The Labute approximate surface area is 81.9 Å². The minimum Gasteiger partial charge on any atom is -0.447 e. The Hall–Kier alpha value is -0.640. The highest BCUT2D eigenvalue weighted by Gasteiger charge is 2.33. The molecule has 1 heteroatoms. The Morgan fingerprint density at radius 2 is 2.00 bits per heavy atom. The van der Waals surface area contributed by atoms with Crippen LogP contribution in [0.1, 0.15) is 46.5 Å². The molecule has 1 aliphatic rings. The maximum absolute atomic E-state index is 5.22. The maximum atomic E-state index is 5.22. The summed E-state index contributed by atoms with van der Waals surface area (Å²) >= 11 is 0. The van der Waals surface area contributed by atoms with Crippen LogP contribution in [-0.2, 0) is 4.74 Å². The average molecular weight is 180 g/mol. The van der Waals surface area contributed by atoms with Gasteiger partial charge in [-0.25, -0.2) is 0 Å². The Bertz CT molecular complexity index is 205. The van der Waals surface area contributed by atoms with E-state index in [1.165, 1.54) is 6.42 Å². The molecule has 74 valence electrons. The van der Waals surface area contributed by atoms with E-state index in [9.17, 15) is 0 Å². The van der Waals surface area contributed by atoms with Crippen LogP contribution in [0.4, 0.5) is 0 Å². The standard InChI is InChI=1S/C12H20O/c1-4-11-7-9-13-10-8-12(11,5-2)6-3/h11H,4-7,9H2,1-3H3. The van der Waals surface area contributed by atoms with Crippen molar-refractivity contribution in [1.29, 1.82) is 0 Å². The van der Waals surface area contributed by atoms with Gasteiger partial charge in [0.05, 0.1) is 0 Å². The fourth-order valence-corrected chi connectivity index (χ4v) is 2.37. The van der Waals surface area contributed by atoms with Crippen LogP contribution in [-0.4, -0.2) is 6.61 Å². The van der Waals surface area contributed by atoms with Crippen molar-refractivity contribution < 1.29 is 4.74 Å². The monoisotopic (exact) mass is 180 g/mol. The third kappa shape index (κ3) is 1.99. The fraction of sp³-hybridized carbons (Fsp3) is 0.833. The van der Waals surface area contributed by atoms with Gasteiger partial charge in [0.1, 0.15) is 12.7 Å². The second kappa shape index (κ2) is 4.56. The molecule has 1 heterocycles. The van der Waals surface area contributed by atoms with Gasteiger partial charge in [-0.05, 0) is 25.2 Å². The molecule has 0 spiro atoms. The van der Waals surface area contributed by atoms with Crippen molar-refractivity contribution in [2.75, 3.05) is 6.61 Å². The molecule has 1 unspecified atom stereocenters. The Morgan fingerprint density at radius 3 is 2.54 bits per heavy atom. The summed E-state index contributed by atoms with van der Waals surface area (Å²) in [6, 6.07) is 0. The Kier molecular flexibility index (Phi) is 3.66. The number of hydrogen-bond donors (Lipinski definition) is 0. The molecule has 13 heavy (non-hydrogen) atoms. The quantitative estimate of drug-likeness (QED) is 0.606. The largest absolute Gasteiger partial charge is 0.447 e. The van der Waals surface area contributed by atoms with Gasteiger partial charge in [-0.15, -0.1) is 0 Å². The highest BCUT2D eigenvalue weighted by atomic mass is 16.5. The molecule has 0 radical (unpaired) electrons. The van der Waals surface area contributed by atoms with E-state index >= 15 is 0 Å². The van der Waals surface area contributed by atoms with Gasteiger partial charge in [-0.3, -0.25) is 0 Å². The fourth-order valence-electron chi connectivity index (χ4n) is 2.37. The molecule has 0 aromatic heterocycles. The third-order valence-corrected chi connectivity index (χ3v) is 3.48. The maximum Gasteiger partial charge on any atom is 0.110 e. The summed E-state index contributed by atoms with van der Waals surface area (Å²) in [6.45, 7) is 7.56. The summed E-state index contributed by atoms with van der Waals surface area (Å²) in [4.78, 5) is 0. The topological polar surface area (TPSA) is 9.23 Å². The smallest absolute Gasteiger partial charge is 0.110 e. The molecule has 0 aromatic carbocycles. The molecule has 1 atom stereocenters. The van der Waals surface area contributed by atoms with Gasteiger partial charge < -0.3 is 4.74 Å². The van der Waals surface area contributed by atoms with Gasteiger partial charge in [0.2, 0.25) is 0 Å². The van der Waals surface area contributed by atoms with Crippen LogP contribution in [0.15, 0.2) is 0 Å². The van der Waals surface area contributed by atoms with Crippen LogP contribution in [0.3, 0.4) is 0 Å². The van der Waals surface area contributed by atoms with Crippen LogP contribution in [0.25, 0.3) is 0 Å². The van der Waals surface area contributed by atoms with Crippen molar-refractivity contribution in [3.05, 3.63) is 0 Å². The molecular formula is C12H20O. The molecule has 1 nitrogen and oxygen atoms in total. The van der Waals surface area contributed by atoms with Crippen molar-refractivity contribution >= 4 is 0 Å². The summed E-state index contributed by atoms with van der Waals surface area (Å²) in [5, 5.41) is 0. The summed E-state index contributed by atoms with van der Waals surface area (Å²) in [5.74, 6) is 4.04. The van der Waals surface area contributed by atoms with Crippen LogP contribution >= 0.6 is 0 Å². The van der Waals surface area contributed by atoms with Gasteiger partial charge >= 0.3 is 0 Å². The normalized spacial score (nSPS) is 25.3. The van der Waals surface area contributed by atoms with E-state index in [1.807, 2.05) is 0 Å². The molecule has 0 aliphatic carbocycles. The second-order valence-electron chi connectivity index (χ2n) is 3.83. The van der Waals surface area contributed by atoms with E-state index in [2.05, 4.69) is 32.8 Å². The lowest BCUT2D eigenvalue weighted by atomic mass is 9.70. The molecule has 0 bridgehead atoms. The first-order valence-electron chi connectivity index (χ1n) is 5.43. The summed E-state index contributed by atoms with van der Waals surface area (Å²) < 4.78 is 5.22. The molecular weight excluding hydrogens is 160 g/mol. The van der Waals surface area contributed by atoms with Gasteiger partial charge in [0.25, 0.3) is 0 Å². The molecule has 0 saturated heterocycles. The predicted molar refractivity (Wildman–Crippen MR) is 55.1 cm³/mol. The first kappa shape index (κ1) is 10.4. The highest BCUT2D eigenvalue weighted by Crippen LogP contribution is 2.39. The van der Waals surface area contributed by atoms with Crippen molar-refractivity contribution in [1.82, 2.24) is 0 Å². The molecule has 0 fully saturated rings. The zero-order valence-electron chi connectivity index (χ0n) is 9.02. The predicted octanol–water partition coefficient (Wildman–Crippen LogP) is 3.20. The lowest BCUT2D eigenvalue weighted by molar-refractivity contribution is 0.175. The van der Waals surface area contributed by atoms with Crippen LogP contribution in [0.5, 0.6) is 0 Å². The van der Waals surface area contributed by atoms with Gasteiger partial charge in [0, 0.05) is 5.41 Å². The lowest BCUT2D eigenvalue weighted by Gasteiger charge is -2.33. The Morgan fingerprint density at radius 1 is 1.31 bits per heavy atom. The van der Waals surface area contributed by atoms with E-state index in [1.54, 1.807) is 0 Å². The SMILES string of the molecule is CCC1CCOC#CC1(CC)CC. The van der Waals surface area contributed by atoms with Crippen LogP contribution < -0.4 is 0 Å². The van der Waals surface area contributed by atoms with E-state index in [0.29, 0.717) is 0 Å². The molecule has 1 rings (SSSR count). The zero-order chi connectivity index (χ0) is 9.73. The Balaban J connectivity index is 2.87. The molecule has 0 N–H and O–H groups in total. The molecule has 1 aliphatic heterocycles. The van der Waals surface area contributed by atoms with E-state index in [-0.39, 0.29) is 5.41 Å². The third-order valence-electron chi connectivity index (χ3n) is 3.48. The number of hydrogen-bond acceptors (Lipinski definition) is 1. The zero-order valence-corrected chi connectivity index (χ0v) is 9.02. The number of rotatable bonds is 3. The van der Waals surface area contributed by atoms with E-state index < -0.39 is 0 Å². The van der Waals surface area contributed by atoms with Crippen molar-refractivity contribution in [2.45, 2.75) is 46.5 Å². The van der Waals surface area contributed by atoms with Gasteiger partial charge in [0.15, 0.2) is 0 Å². The first-order chi connectivity index (χ1) is 6.29. The van der Waals surface area contributed by atoms with Gasteiger partial charge in [-0.1, -0.05) is 33.1 Å². The van der Waals surface area contributed by atoms with Crippen molar-refractivity contribution in [3.63, 3.8) is 0 Å². The minimum absolute atomic E-state index is 0.227. The van der Waals surface area contributed by atoms with Gasteiger partial charge in [-0.2, -0.15) is 0 Å². The van der Waals surface area contributed by atoms with Crippen LogP contribution in [0.2, 0.25) is 0 Å². The molecule has 0 aromatic rings. The summed E-state index contributed by atoms with van der Waals surface area (Å²) in [6.07, 6.45) is 7.53. The van der Waals surface area contributed by atoms with E-state index in [0.717, 1.165) is 31.8 Å². The van der Waals surface area contributed by atoms with Crippen LogP contribution in [0, 0.1) is 23.4 Å². The summed E-state index contributed by atoms with van der Waals surface area (Å²) in [7, 11) is 0.